The fraction of sp³-hybridized carbons (Fsp3) is 0.583. The highest BCUT2D eigenvalue weighted by molar-refractivity contribution is 7.89. The summed E-state index contributed by atoms with van der Waals surface area (Å²) in [5.74, 6) is 0.457. The van der Waals surface area contributed by atoms with Crippen LogP contribution in [0.5, 0.6) is 0 Å². The summed E-state index contributed by atoms with van der Waals surface area (Å²) in [5, 5.41) is 3.08. The Hall–Kier alpha value is -0.850. The molecule has 7 heteroatoms. The third-order valence-corrected chi connectivity index (χ3v) is 5.75. The largest absolute Gasteiger partial charge is 0.372 e. The van der Waals surface area contributed by atoms with Crippen LogP contribution in [0.2, 0.25) is 5.02 Å². The molecule has 0 spiro atoms. The van der Waals surface area contributed by atoms with E-state index >= 15 is 0 Å². The van der Waals surface area contributed by atoms with Gasteiger partial charge in [-0.1, -0.05) is 18.5 Å². The van der Waals surface area contributed by atoms with Crippen LogP contribution in [0.15, 0.2) is 17.2 Å². The number of aromatic nitrogens is 1. The minimum absolute atomic E-state index is 0.0977. The highest BCUT2D eigenvalue weighted by atomic mass is 35.5. The first-order valence-electron chi connectivity index (χ1n) is 5.99. The van der Waals surface area contributed by atoms with Gasteiger partial charge in [0.15, 0.2) is 0 Å². The number of nitrogens with one attached hydrogen (secondary N) is 1. The lowest BCUT2D eigenvalue weighted by atomic mass is 10.0. The first-order chi connectivity index (χ1) is 8.66. The van der Waals surface area contributed by atoms with E-state index in [1.165, 1.54) is 16.6 Å². The quantitative estimate of drug-likeness (QED) is 0.908. The van der Waals surface area contributed by atoms with E-state index in [2.05, 4.69) is 10.3 Å². The van der Waals surface area contributed by atoms with Crippen molar-refractivity contribution in [2.45, 2.75) is 37.6 Å². The Bertz CT molecular complexity index is 558. The van der Waals surface area contributed by atoms with Crippen molar-refractivity contribution in [1.29, 1.82) is 0 Å². The van der Waals surface area contributed by atoms with Crippen molar-refractivity contribution in [1.82, 2.24) is 9.29 Å². The molecule has 108 valence electrons. The SMILES string of the molecule is CCC(C)(C)N(C)S(=O)(=O)c1cnc(NC)c(Cl)c1. The average Bonchev–Trinajstić information content (AvgIpc) is 2.37. The van der Waals surface area contributed by atoms with Crippen LogP contribution in [0.1, 0.15) is 27.2 Å². The monoisotopic (exact) mass is 305 g/mol. The van der Waals surface area contributed by atoms with Gasteiger partial charge in [0, 0.05) is 25.8 Å². The molecule has 0 saturated carbocycles. The summed E-state index contributed by atoms with van der Waals surface area (Å²) in [6, 6.07) is 1.41. The molecular weight excluding hydrogens is 286 g/mol. The Morgan fingerprint density at radius 3 is 2.47 bits per heavy atom. The van der Waals surface area contributed by atoms with E-state index < -0.39 is 15.6 Å². The molecule has 0 aliphatic rings. The molecule has 1 N–H and O–H groups in total. The molecule has 1 rings (SSSR count). The number of hydrogen-bond donors (Lipinski definition) is 1. The summed E-state index contributed by atoms with van der Waals surface area (Å²) < 4.78 is 26.3. The van der Waals surface area contributed by atoms with E-state index in [9.17, 15) is 8.42 Å². The maximum atomic E-state index is 12.5. The highest BCUT2D eigenvalue weighted by Crippen LogP contribution is 2.28. The average molecular weight is 306 g/mol. The third-order valence-electron chi connectivity index (χ3n) is 3.43. The van der Waals surface area contributed by atoms with Crippen molar-refractivity contribution in [3.05, 3.63) is 17.3 Å². The van der Waals surface area contributed by atoms with Gasteiger partial charge in [-0.2, -0.15) is 4.31 Å². The zero-order valence-corrected chi connectivity index (χ0v) is 13.4. The van der Waals surface area contributed by atoms with Crippen LogP contribution in [0.4, 0.5) is 5.82 Å². The molecule has 1 heterocycles. The molecule has 5 nitrogen and oxygen atoms in total. The molecule has 1 aromatic rings. The second-order valence-corrected chi connectivity index (χ2v) is 7.27. The van der Waals surface area contributed by atoms with Crippen molar-refractivity contribution in [2.24, 2.45) is 0 Å². The molecule has 0 saturated heterocycles. The van der Waals surface area contributed by atoms with Gasteiger partial charge >= 0.3 is 0 Å². The van der Waals surface area contributed by atoms with Gasteiger partial charge in [-0.25, -0.2) is 13.4 Å². The summed E-state index contributed by atoms with van der Waals surface area (Å²) in [4.78, 5) is 4.10. The maximum Gasteiger partial charge on any atom is 0.244 e. The van der Waals surface area contributed by atoms with E-state index in [4.69, 9.17) is 11.6 Å². The molecule has 0 aromatic carbocycles. The van der Waals surface area contributed by atoms with Crippen LogP contribution in [-0.2, 0) is 10.0 Å². The van der Waals surface area contributed by atoms with Gasteiger partial charge in [-0.05, 0) is 26.3 Å². The van der Waals surface area contributed by atoms with Gasteiger partial charge in [0.2, 0.25) is 10.0 Å². The molecule has 1 aromatic heterocycles. The standard InChI is InChI=1S/C12H20ClN3O2S/c1-6-12(2,3)16(5)19(17,18)9-7-10(13)11(14-4)15-8-9/h7-8H,6H2,1-5H3,(H,14,15). The molecule has 0 bridgehead atoms. The molecule has 0 unspecified atom stereocenters. The predicted molar refractivity (Wildman–Crippen MR) is 78.1 cm³/mol. The van der Waals surface area contributed by atoms with Crippen molar-refractivity contribution < 1.29 is 8.42 Å². The summed E-state index contributed by atoms with van der Waals surface area (Å²) >= 11 is 5.98. The van der Waals surface area contributed by atoms with Crippen LogP contribution in [0.25, 0.3) is 0 Å². The van der Waals surface area contributed by atoms with Crippen LogP contribution < -0.4 is 5.32 Å². The Balaban J connectivity index is 3.25. The maximum absolute atomic E-state index is 12.5. The second kappa shape index (κ2) is 5.64. The normalized spacial score (nSPS) is 12.8. The number of nitrogens with zero attached hydrogens (tertiary/aromatic N) is 2. The van der Waals surface area contributed by atoms with Crippen LogP contribution in [0, 0.1) is 0 Å². The van der Waals surface area contributed by atoms with Crippen molar-refractivity contribution in [3.63, 3.8) is 0 Å². The lowest BCUT2D eigenvalue weighted by Crippen LogP contribution is -2.44. The van der Waals surface area contributed by atoms with Gasteiger partial charge in [-0.3, -0.25) is 0 Å². The Morgan fingerprint density at radius 2 is 2.05 bits per heavy atom. The summed E-state index contributed by atoms with van der Waals surface area (Å²) in [6.45, 7) is 5.70. The topological polar surface area (TPSA) is 62.3 Å². The first kappa shape index (κ1) is 16.2. The number of rotatable bonds is 5. The molecule has 0 radical (unpaired) electrons. The minimum Gasteiger partial charge on any atom is -0.372 e. The molecule has 19 heavy (non-hydrogen) atoms. The number of pyridine rings is 1. The lowest BCUT2D eigenvalue weighted by molar-refractivity contribution is 0.257. The van der Waals surface area contributed by atoms with E-state index in [1.807, 2.05) is 20.8 Å². The van der Waals surface area contributed by atoms with E-state index in [0.717, 1.165) is 0 Å². The summed E-state index contributed by atoms with van der Waals surface area (Å²) in [7, 11) is -0.354. The number of anilines is 1. The van der Waals surface area contributed by atoms with Gasteiger partial charge < -0.3 is 5.32 Å². The van der Waals surface area contributed by atoms with Crippen molar-refractivity contribution in [2.75, 3.05) is 19.4 Å². The van der Waals surface area contributed by atoms with E-state index in [0.29, 0.717) is 12.2 Å². The summed E-state index contributed by atoms with van der Waals surface area (Å²) in [5.41, 5.74) is -0.465. The van der Waals surface area contributed by atoms with Gasteiger partial charge in [0.25, 0.3) is 0 Å². The zero-order valence-electron chi connectivity index (χ0n) is 11.9. The summed E-state index contributed by atoms with van der Waals surface area (Å²) in [6.07, 6.45) is 2.02. The van der Waals surface area contributed by atoms with Crippen LogP contribution >= 0.6 is 11.6 Å². The van der Waals surface area contributed by atoms with Gasteiger partial charge in [0.05, 0.1) is 5.02 Å². The Morgan fingerprint density at radius 1 is 1.47 bits per heavy atom. The zero-order chi connectivity index (χ0) is 14.8. The number of sulfonamides is 1. The Kier molecular flexibility index (Phi) is 4.81. The van der Waals surface area contributed by atoms with Crippen molar-refractivity contribution in [3.8, 4) is 0 Å². The predicted octanol–water partition coefficient (Wildman–Crippen LogP) is 2.59. The molecule has 0 fully saturated rings. The Labute approximate surface area is 120 Å². The van der Waals surface area contributed by atoms with Crippen LogP contribution in [-0.4, -0.2) is 37.3 Å². The fourth-order valence-corrected chi connectivity index (χ4v) is 3.33. The van der Waals surface area contributed by atoms with Crippen molar-refractivity contribution >= 4 is 27.4 Å². The number of halogens is 1. The molecule has 0 amide bonds. The second-order valence-electron chi connectivity index (χ2n) is 4.89. The first-order valence-corrected chi connectivity index (χ1v) is 7.81. The smallest absolute Gasteiger partial charge is 0.244 e. The number of hydrogen-bond acceptors (Lipinski definition) is 4. The van der Waals surface area contributed by atoms with Crippen LogP contribution in [0.3, 0.4) is 0 Å². The molecule has 0 aliphatic heterocycles. The van der Waals surface area contributed by atoms with Gasteiger partial charge in [-0.15, -0.1) is 0 Å². The fourth-order valence-electron chi connectivity index (χ4n) is 1.45. The third kappa shape index (κ3) is 3.19. The molecule has 0 aliphatic carbocycles. The highest BCUT2D eigenvalue weighted by Gasteiger charge is 2.33. The van der Waals surface area contributed by atoms with Gasteiger partial charge in [0.1, 0.15) is 10.7 Å². The van der Waals surface area contributed by atoms with E-state index in [1.54, 1.807) is 14.1 Å². The van der Waals surface area contributed by atoms with E-state index in [-0.39, 0.29) is 9.92 Å². The minimum atomic E-state index is -3.60. The molecule has 0 atom stereocenters. The lowest BCUT2D eigenvalue weighted by Gasteiger charge is -2.33. The molecular formula is C12H20ClN3O2S.